The Morgan fingerprint density at radius 2 is 2.05 bits per heavy atom. The molecule has 1 rings (SSSR count). The minimum absolute atomic E-state index is 0.234. The van der Waals surface area contributed by atoms with Gasteiger partial charge in [-0.05, 0) is 30.5 Å². The molecular formula is C14H19FN2O3. The number of carbonyl (C=O) groups excluding carboxylic acids is 2. The van der Waals surface area contributed by atoms with E-state index in [9.17, 15) is 14.0 Å². The van der Waals surface area contributed by atoms with Gasteiger partial charge in [0.05, 0.1) is 18.7 Å². The lowest BCUT2D eigenvalue weighted by Gasteiger charge is -2.14. The van der Waals surface area contributed by atoms with Crippen LogP contribution in [0.4, 0.5) is 10.1 Å². The van der Waals surface area contributed by atoms with Crippen LogP contribution < -0.4 is 11.1 Å². The SMILES string of the molecule is COC(=O)c1cc(NC(=O)C(N)CC(C)C)ccc1F. The van der Waals surface area contributed by atoms with Gasteiger partial charge in [0.2, 0.25) is 5.91 Å². The minimum Gasteiger partial charge on any atom is -0.465 e. The van der Waals surface area contributed by atoms with Crippen molar-refractivity contribution < 1.29 is 18.7 Å². The maximum Gasteiger partial charge on any atom is 0.340 e. The second-order valence-electron chi connectivity index (χ2n) is 4.91. The largest absolute Gasteiger partial charge is 0.465 e. The van der Waals surface area contributed by atoms with Crippen molar-refractivity contribution in [3.05, 3.63) is 29.6 Å². The van der Waals surface area contributed by atoms with Gasteiger partial charge in [0.15, 0.2) is 0 Å². The van der Waals surface area contributed by atoms with E-state index in [1.165, 1.54) is 12.1 Å². The Kier molecular flexibility index (Phi) is 5.64. The van der Waals surface area contributed by atoms with Crippen LogP contribution in [0.2, 0.25) is 0 Å². The quantitative estimate of drug-likeness (QED) is 0.808. The molecule has 110 valence electrons. The molecule has 0 spiro atoms. The van der Waals surface area contributed by atoms with Crippen LogP contribution in [0, 0.1) is 11.7 Å². The number of carbonyl (C=O) groups is 2. The third-order valence-corrected chi connectivity index (χ3v) is 2.70. The van der Waals surface area contributed by atoms with Crippen LogP contribution in [-0.4, -0.2) is 25.0 Å². The average Bonchev–Trinajstić information content (AvgIpc) is 2.39. The molecule has 5 nitrogen and oxygen atoms in total. The third kappa shape index (κ3) is 4.31. The highest BCUT2D eigenvalue weighted by molar-refractivity contribution is 5.96. The summed E-state index contributed by atoms with van der Waals surface area (Å²) in [5.41, 5.74) is 5.81. The number of rotatable bonds is 5. The molecule has 3 N–H and O–H groups in total. The van der Waals surface area contributed by atoms with Crippen molar-refractivity contribution >= 4 is 17.6 Å². The number of anilines is 1. The monoisotopic (exact) mass is 282 g/mol. The normalized spacial score (nSPS) is 12.1. The predicted molar refractivity (Wildman–Crippen MR) is 73.8 cm³/mol. The van der Waals surface area contributed by atoms with Gasteiger partial charge >= 0.3 is 5.97 Å². The van der Waals surface area contributed by atoms with E-state index in [0.29, 0.717) is 12.1 Å². The van der Waals surface area contributed by atoms with Crippen molar-refractivity contribution in [1.82, 2.24) is 0 Å². The Hall–Kier alpha value is -1.95. The summed E-state index contributed by atoms with van der Waals surface area (Å²) in [6.45, 7) is 3.92. The Morgan fingerprint density at radius 3 is 2.60 bits per heavy atom. The second kappa shape index (κ2) is 7.00. The topological polar surface area (TPSA) is 81.4 Å². The van der Waals surface area contributed by atoms with Gasteiger partial charge in [-0.25, -0.2) is 9.18 Å². The Bertz CT molecular complexity index is 503. The van der Waals surface area contributed by atoms with Gasteiger partial charge in [0.1, 0.15) is 5.82 Å². The molecule has 1 amide bonds. The summed E-state index contributed by atoms with van der Waals surface area (Å²) in [7, 11) is 1.16. The standard InChI is InChI=1S/C14H19FN2O3/c1-8(2)6-12(16)13(18)17-9-4-5-11(15)10(7-9)14(19)20-3/h4-5,7-8,12H,6,16H2,1-3H3,(H,17,18). The Labute approximate surface area is 117 Å². The maximum absolute atomic E-state index is 13.4. The fourth-order valence-electron chi connectivity index (χ4n) is 1.72. The highest BCUT2D eigenvalue weighted by Crippen LogP contribution is 2.16. The first-order valence-electron chi connectivity index (χ1n) is 6.29. The van der Waals surface area contributed by atoms with Gasteiger partial charge in [0.25, 0.3) is 0 Å². The van der Waals surface area contributed by atoms with Crippen molar-refractivity contribution in [3.63, 3.8) is 0 Å². The van der Waals surface area contributed by atoms with E-state index < -0.39 is 17.8 Å². The zero-order valence-corrected chi connectivity index (χ0v) is 11.8. The predicted octanol–water partition coefficient (Wildman–Crippen LogP) is 1.92. The van der Waals surface area contributed by atoms with Crippen LogP contribution in [0.1, 0.15) is 30.6 Å². The molecule has 0 heterocycles. The van der Waals surface area contributed by atoms with Gasteiger partial charge in [-0.1, -0.05) is 13.8 Å². The van der Waals surface area contributed by atoms with Crippen molar-refractivity contribution in [3.8, 4) is 0 Å². The lowest BCUT2D eigenvalue weighted by Crippen LogP contribution is -2.36. The van der Waals surface area contributed by atoms with E-state index in [2.05, 4.69) is 10.1 Å². The molecule has 0 aliphatic carbocycles. The highest BCUT2D eigenvalue weighted by atomic mass is 19.1. The Morgan fingerprint density at radius 1 is 1.40 bits per heavy atom. The molecule has 0 aliphatic heterocycles. The molecule has 6 heteroatoms. The van der Waals surface area contributed by atoms with Gasteiger partial charge < -0.3 is 15.8 Å². The molecule has 1 aromatic rings. The number of hydrogen-bond donors (Lipinski definition) is 2. The second-order valence-corrected chi connectivity index (χ2v) is 4.91. The van der Waals surface area contributed by atoms with Crippen molar-refractivity contribution in [1.29, 1.82) is 0 Å². The van der Waals surface area contributed by atoms with E-state index in [1.54, 1.807) is 0 Å². The molecular weight excluding hydrogens is 263 g/mol. The van der Waals surface area contributed by atoms with E-state index in [1.807, 2.05) is 13.8 Å². The van der Waals surface area contributed by atoms with Crippen LogP contribution in [0.15, 0.2) is 18.2 Å². The first-order chi connectivity index (χ1) is 9.35. The van der Waals surface area contributed by atoms with E-state index in [-0.39, 0.29) is 17.4 Å². The van der Waals surface area contributed by atoms with E-state index in [4.69, 9.17) is 5.73 Å². The number of hydrogen-bond acceptors (Lipinski definition) is 4. The smallest absolute Gasteiger partial charge is 0.340 e. The third-order valence-electron chi connectivity index (χ3n) is 2.70. The van der Waals surface area contributed by atoms with E-state index >= 15 is 0 Å². The average molecular weight is 282 g/mol. The molecule has 0 radical (unpaired) electrons. The highest BCUT2D eigenvalue weighted by Gasteiger charge is 2.17. The number of methoxy groups -OCH3 is 1. The summed E-state index contributed by atoms with van der Waals surface area (Å²) in [5, 5.41) is 2.56. The summed E-state index contributed by atoms with van der Waals surface area (Å²) < 4.78 is 17.9. The fraction of sp³-hybridized carbons (Fsp3) is 0.429. The van der Waals surface area contributed by atoms with Crippen LogP contribution in [0.5, 0.6) is 0 Å². The number of ether oxygens (including phenoxy) is 1. The summed E-state index contributed by atoms with van der Waals surface area (Å²) in [6, 6.07) is 3.03. The van der Waals surface area contributed by atoms with Crippen LogP contribution >= 0.6 is 0 Å². The number of nitrogens with two attached hydrogens (primary N) is 1. The zero-order valence-electron chi connectivity index (χ0n) is 11.8. The summed E-state index contributed by atoms with van der Waals surface area (Å²) in [6.07, 6.45) is 0.539. The van der Waals surface area contributed by atoms with Crippen molar-refractivity contribution in [2.75, 3.05) is 12.4 Å². The molecule has 1 aromatic carbocycles. The number of halogens is 1. The first-order valence-corrected chi connectivity index (χ1v) is 6.29. The molecule has 0 aliphatic rings. The van der Waals surface area contributed by atoms with Crippen LogP contribution in [0.3, 0.4) is 0 Å². The lowest BCUT2D eigenvalue weighted by atomic mass is 10.0. The fourth-order valence-corrected chi connectivity index (χ4v) is 1.72. The number of amides is 1. The Balaban J connectivity index is 2.83. The molecule has 20 heavy (non-hydrogen) atoms. The van der Waals surface area contributed by atoms with Gasteiger partial charge in [0, 0.05) is 5.69 Å². The molecule has 0 saturated carbocycles. The van der Waals surface area contributed by atoms with Gasteiger partial charge in [-0.2, -0.15) is 0 Å². The number of nitrogens with one attached hydrogen (secondary N) is 1. The first kappa shape index (κ1) is 16.1. The summed E-state index contributed by atoms with van der Waals surface area (Å²) in [5.74, 6) is -1.60. The van der Waals surface area contributed by atoms with Crippen molar-refractivity contribution in [2.45, 2.75) is 26.3 Å². The molecule has 0 bridgehead atoms. The summed E-state index contributed by atoms with van der Waals surface area (Å²) in [4.78, 5) is 23.2. The molecule has 1 unspecified atom stereocenters. The van der Waals surface area contributed by atoms with E-state index in [0.717, 1.165) is 13.2 Å². The van der Waals surface area contributed by atoms with Gasteiger partial charge in [-0.3, -0.25) is 4.79 Å². The number of esters is 1. The zero-order chi connectivity index (χ0) is 15.3. The summed E-state index contributed by atoms with van der Waals surface area (Å²) >= 11 is 0. The van der Waals surface area contributed by atoms with Crippen LogP contribution in [-0.2, 0) is 9.53 Å². The molecule has 0 fully saturated rings. The van der Waals surface area contributed by atoms with Gasteiger partial charge in [-0.15, -0.1) is 0 Å². The molecule has 0 aromatic heterocycles. The molecule has 1 atom stereocenters. The lowest BCUT2D eigenvalue weighted by molar-refractivity contribution is -0.117. The van der Waals surface area contributed by atoms with Crippen LogP contribution in [0.25, 0.3) is 0 Å². The van der Waals surface area contributed by atoms with Crippen molar-refractivity contribution in [2.24, 2.45) is 11.7 Å². The molecule has 0 saturated heterocycles. The minimum atomic E-state index is -0.801. The number of benzene rings is 1. The maximum atomic E-state index is 13.4.